The van der Waals surface area contributed by atoms with Crippen LogP contribution in [0, 0.1) is 5.82 Å². The van der Waals surface area contributed by atoms with Crippen LogP contribution in [0.15, 0.2) is 73.1 Å². The predicted molar refractivity (Wildman–Crippen MR) is 97.4 cm³/mol. The van der Waals surface area contributed by atoms with Gasteiger partial charge in [-0.25, -0.2) is 4.39 Å². The number of nitrogens with zero attached hydrogens (tertiary/aromatic N) is 1. The first-order valence-corrected chi connectivity index (χ1v) is 8.50. The van der Waals surface area contributed by atoms with Crippen molar-refractivity contribution >= 4 is 0 Å². The topological polar surface area (TPSA) is 40.6 Å². The SMILES string of the molecule is CCC(F)(COc1cccnc1)Oc1ccc(Oc2cccc(F)c2)cc1. The van der Waals surface area contributed by atoms with E-state index < -0.39 is 5.85 Å². The summed E-state index contributed by atoms with van der Waals surface area (Å²) in [6.07, 6.45) is 3.22. The summed E-state index contributed by atoms with van der Waals surface area (Å²) in [4.78, 5) is 3.92. The first kappa shape index (κ1) is 18.6. The molecule has 1 unspecified atom stereocenters. The molecule has 1 heterocycles. The maximum Gasteiger partial charge on any atom is 0.281 e. The number of alkyl halides is 1. The van der Waals surface area contributed by atoms with Crippen molar-refractivity contribution in [2.24, 2.45) is 0 Å². The van der Waals surface area contributed by atoms with Gasteiger partial charge < -0.3 is 14.2 Å². The van der Waals surface area contributed by atoms with Gasteiger partial charge in [0.25, 0.3) is 5.85 Å². The lowest BCUT2D eigenvalue weighted by Gasteiger charge is -2.25. The van der Waals surface area contributed by atoms with Crippen LogP contribution in [0.3, 0.4) is 0 Å². The van der Waals surface area contributed by atoms with Crippen molar-refractivity contribution in [2.75, 3.05) is 6.61 Å². The lowest BCUT2D eigenvalue weighted by atomic mass is 10.2. The van der Waals surface area contributed by atoms with E-state index in [9.17, 15) is 8.78 Å². The first-order valence-electron chi connectivity index (χ1n) is 8.50. The molecule has 0 saturated carbocycles. The molecular formula is C21H19F2NO3. The lowest BCUT2D eigenvalue weighted by molar-refractivity contribution is -0.0954. The molecule has 0 radical (unpaired) electrons. The minimum atomic E-state index is -1.99. The van der Waals surface area contributed by atoms with Gasteiger partial charge in [-0.3, -0.25) is 4.98 Å². The second-order valence-electron chi connectivity index (χ2n) is 5.85. The minimum Gasteiger partial charge on any atom is -0.485 e. The molecule has 140 valence electrons. The van der Waals surface area contributed by atoms with Crippen LogP contribution in [0.5, 0.6) is 23.0 Å². The summed E-state index contributed by atoms with van der Waals surface area (Å²) >= 11 is 0. The number of rotatable bonds is 8. The van der Waals surface area contributed by atoms with Crippen LogP contribution in [0.1, 0.15) is 13.3 Å². The van der Waals surface area contributed by atoms with Crippen molar-refractivity contribution in [3.8, 4) is 23.0 Å². The van der Waals surface area contributed by atoms with Gasteiger partial charge in [-0.05, 0) is 48.5 Å². The van der Waals surface area contributed by atoms with Crippen LogP contribution in [0.25, 0.3) is 0 Å². The van der Waals surface area contributed by atoms with Crippen molar-refractivity contribution in [2.45, 2.75) is 19.2 Å². The third-order valence-corrected chi connectivity index (χ3v) is 3.77. The summed E-state index contributed by atoms with van der Waals surface area (Å²) < 4.78 is 44.6. The second-order valence-corrected chi connectivity index (χ2v) is 5.85. The lowest BCUT2D eigenvalue weighted by Crippen LogP contribution is -2.36. The van der Waals surface area contributed by atoms with E-state index in [1.54, 1.807) is 61.7 Å². The molecule has 27 heavy (non-hydrogen) atoms. The van der Waals surface area contributed by atoms with E-state index in [0.717, 1.165) is 0 Å². The van der Waals surface area contributed by atoms with Crippen LogP contribution in [0.4, 0.5) is 8.78 Å². The Bertz CT molecular complexity index is 859. The fourth-order valence-electron chi connectivity index (χ4n) is 2.28. The molecule has 0 amide bonds. The average molecular weight is 371 g/mol. The highest BCUT2D eigenvalue weighted by atomic mass is 19.2. The molecule has 1 atom stereocenters. The van der Waals surface area contributed by atoms with Crippen LogP contribution in [-0.2, 0) is 0 Å². The summed E-state index contributed by atoms with van der Waals surface area (Å²) in [7, 11) is 0. The zero-order valence-electron chi connectivity index (χ0n) is 14.8. The Morgan fingerprint density at radius 2 is 1.67 bits per heavy atom. The molecule has 2 aromatic carbocycles. The van der Waals surface area contributed by atoms with Gasteiger partial charge in [-0.1, -0.05) is 13.0 Å². The highest BCUT2D eigenvalue weighted by Gasteiger charge is 2.31. The van der Waals surface area contributed by atoms with Crippen LogP contribution < -0.4 is 14.2 Å². The van der Waals surface area contributed by atoms with Gasteiger partial charge in [0.1, 0.15) is 28.8 Å². The van der Waals surface area contributed by atoms with Crippen molar-refractivity contribution in [1.82, 2.24) is 4.98 Å². The van der Waals surface area contributed by atoms with Gasteiger partial charge >= 0.3 is 0 Å². The van der Waals surface area contributed by atoms with Crippen LogP contribution in [0.2, 0.25) is 0 Å². The van der Waals surface area contributed by atoms with Crippen molar-refractivity contribution in [3.05, 3.63) is 78.9 Å². The minimum absolute atomic E-state index is 0.106. The standard InChI is InChI=1S/C21H19F2NO3/c1-2-21(23,15-25-20-7-4-12-24-14-20)27-18-10-8-17(9-11-18)26-19-6-3-5-16(22)13-19/h3-14H,2,15H2,1H3. The molecule has 0 spiro atoms. The fourth-order valence-corrected chi connectivity index (χ4v) is 2.28. The normalized spacial score (nSPS) is 12.9. The summed E-state index contributed by atoms with van der Waals surface area (Å²) in [6.45, 7) is 1.41. The quantitative estimate of drug-likeness (QED) is 0.521. The van der Waals surface area contributed by atoms with E-state index in [2.05, 4.69) is 4.98 Å². The van der Waals surface area contributed by atoms with Gasteiger partial charge in [0.15, 0.2) is 6.61 Å². The highest BCUT2D eigenvalue weighted by molar-refractivity contribution is 5.35. The zero-order valence-corrected chi connectivity index (χ0v) is 14.8. The van der Waals surface area contributed by atoms with E-state index in [1.807, 2.05) is 0 Å². The summed E-state index contributed by atoms with van der Waals surface area (Å²) in [5.74, 6) is -0.703. The van der Waals surface area contributed by atoms with E-state index in [-0.39, 0.29) is 18.8 Å². The van der Waals surface area contributed by atoms with Gasteiger partial charge in [0.2, 0.25) is 0 Å². The van der Waals surface area contributed by atoms with Gasteiger partial charge in [-0.15, -0.1) is 0 Å². The first-order chi connectivity index (χ1) is 13.1. The third-order valence-electron chi connectivity index (χ3n) is 3.77. The van der Waals surface area contributed by atoms with Crippen molar-refractivity contribution in [1.29, 1.82) is 0 Å². The van der Waals surface area contributed by atoms with E-state index >= 15 is 0 Å². The molecule has 0 N–H and O–H groups in total. The van der Waals surface area contributed by atoms with Crippen LogP contribution >= 0.6 is 0 Å². The molecule has 0 fully saturated rings. The number of hydrogen-bond acceptors (Lipinski definition) is 4. The van der Waals surface area contributed by atoms with E-state index in [0.29, 0.717) is 23.0 Å². The van der Waals surface area contributed by atoms with Crippen molar-refractivity contribution < 1.29 is 23.0 Å². The number of aromatic nitrogens is 1. The summed E-state index contributed by atoms with van der Waals surface area (Å²) in [5.41, 5.74) is 0. The number of pyridine rings is 1. The maximum atomic E-state index is 14.9. The highest BCUT2D eigenvalue weighted by Crippen LogP contribution is 2.28. The van der Waals surface area contributed by atoms with E-state index in [1.165, 1.54) is 18.3 Å². The molecule has 1 aromatic heterocycles. The largest absolute Gasteiger partial charge is 0.485 e. The Morgan fingerprint density at radius 1 is 0.926 bits per heavy atom. The Hall–Kier alpha value is -3.15. The van der Waals surface area contributed by atoms with Gasteiger partial charge in [-0.2, -0.15) is 4.39 Å². The molecular weight excluding hydrogens is 352 g/mol. The number of ether oxygens (including phenoxy) is 3. The third kappa shape index (κ3) is 5.41. The molecule has 4 nitrogen and oxygen atoms in total. The molecule has 0 bridgehead atoms. The molecule has 0 aliphatic heterocycles. The molecule has 3 rings (SSSR count). The van der Waals surface area contributed by atoms with Crippen LogP contribution in [-0.4, -0.2) is 17.4 Å². The fraction of sp³-hybridized carbons (Fsp3) is 0.190. The Kier molecular flexibility index (Phi) is 5.86. The maximum absolute atomic E-state index is 14.9. The zero-order chi connectivity index (χ0) is 19.1. The smallest absolute Gasteiger partial charge is 0.281 e. The monoisotopic (exact) mass is 371 g/mol. The average Bonchev–Trinajstić information content (AvgIpc) is 2.69. The molecule has 3 aromatic rings. The van der Waals surface area contributed by atoms with Gasteiger partial charge in [0, 0.05) is 18.7 Å². The van der Waals surface area contributed by atoms with E-state index in [4.69, 9.17) is 14.2 Å². The molecule has 0 aliphatic carbocycles. The second kappa shape index (κ2) is 8.49. The molecule has 0 saturated heterocycles. The Balaban J connectivity index is 1.61. The Morgan fingerprint density at radius 3 is 2.33 bits per heavy atom. The van der Waals surface area contributed by atoms with Crippen molar-refractivity contribution in [3.63, 3.8) is 0 Å². The number of halogens is 2. The number of hydrogen-bond donors (Lipinski definition) is 0. The predicted octanol–water partition coefficient (Wildman–Crippen LogP) is 5.55. The molecule has 0 aliphatic rings. The Labute approximate surface area is 156 Å². The summed E-state index contributed by atoms with van der Waals surface area (Å²) in [5, 5.41) is 0. The molecule has 6 heteroatoms. The summed E-state index contributed by atoms with van der Waals surface area (Å²) in [6, 6.07) is 15.6. The number of benzene rings is 2. The van der Waals surface area contributed by atoms with Gasteiger partial charge in [0.05, 0.1) is 6.20 Å².